The summed E-state index contributed by atoms with van der Waals surface area (Å²) in [6, 6.07) is 6.36. The van der Waals surface area contributed by atoms with Gasteiger partial charge in [0.25, 0.3) is 0 Å². The summed E-state index contributed by atoms with van der Waals surface area (Å²) in [6.07, 6.45) is -0.0223. The van der Waals surface area contributed by atoms with Crippen LogP contribution in [0.4, 0.5) is 5.69 Å². The monoisotopic (exact) mass is 279 g/mol. The Hall–Kier alpha value is -2.24. The molecule has 1 aromatic carbocycles. The average molecular weight is 279 g/mol. The summed E-state index contributed by atoms with van der Waals surface area (Å²) < 4.78 is 5.18. The van der Waals surface area contributed by atoms with E-state index in [1.807, 2.05) is 19.9 Å². The minimum Gasteiger partial charge on any atom is -0.495 e. The van der Waals surface area contributed by atoms with Gasteiger partial charge in [-0.3, -0.25) is 9.59 Å². The Labute approximate surface area is 118 Å². The molecule has 0 fully saturated rings. The van der Waals surface area contributed by atoms with Gasteiger partial charge < -0.3 is 21.1 Å². The van der Waals surface area contributed by atoms with Gasteiger partial charge in [-0.15, -0.1) is 0 Å². The number of rotatable bonds is 7. The third kappa shape index (κ3) is 4.79. The lowest BCUT2D eigenvalue weighted by molar-refractivity contribution is -0.125. The van der Waals surface area contributed by atoms with Crippen molar-refractivity contribution < 1.29 is 14.3 Å². The normalized spacial score (nSPS) is 11.8. The second kappa shape index (κ2) is 7.37. The van der Waals surface area contributed by atoms with E-state index in [0.29, 0.717) is 11.4 Å². The number of nitrogens with one attached hydrogen (secondary N) is 2. The van der Waals surface area contributed by atoms with E-state index in [9.17, 15) is 9.59 Å². The molecule has 110 valence electrons. The quantitative estimate of drug-likeness (QED) is 0.690. The molecule has 2 amide bonds. The van der Waals surface area contributed by atoms with Crippen LogP contribution in [0.1, 0.15) is 20.3 Å². The number of carbonyl (C=O) groups excluding carboxylic acids is 2. The third-order valence-corrected chi connectivity index (χ3v) is 2.62. The Kier molecular flexibility index (Phi) is 5.83. The third-order valence-electron chi connectivity index (χ3n) is 2.62. The first-order valence-electron chi connectivity index (χ1n) is 6.42. The minimum absolute atomic E-state index is 0.0160. The van der Waals surface area contributed by atoms with Gasteiger partial charge in [0.05, 0.1) is 19.2 Å². The lowest BCUT2D eigenvalue weighted by atomic mass is 10.1. The number of methoxy groups -OCH3 is 1. The van der Waals surface area contributed by atoms with Crippen molar-refractivity contribution in [3.8, 4) is 5.75 Å². The lowest BCUT2D eigenvalue weighted by Gasteiger charge is -2.19. The number of hydrogen-bond acceptors (Lipinski definition) is 4. The summed E-state index contributed by atoms with van der Waals surface area (Å²) in [7, 11) is 1.53. The van der Waals surface area contributed by atoms with Crippen LogP contribution in [0.25, 0.3) is 0 Å². The molecule has 0 aromatic heterocycles. The van der Waals surface area contributed by atoms with Crippen LogP contribution >= 0.6 is 0 Å². The molecule has 0 radical (unpaired) electrons. The number of nitrogens with two attached hydrogens (primary N) is 1. The van der Waals surface area contributed by atoms with Crippen LogP contribution in [-0.2, 0) is 9.59 Å². The Morgan fingerprint density at radius 2 is 1.95 bits per heavy atom. The van der Waals surface area contributed by atoms with Crippen LogP contribution in [0.2, 0.25) is 0 Å². The molecular weight excluding hydrogens is 258 g/mol. The highest BCUT2D eigenvalue weighted by Crippen LogP contribution is 2.24. The predicted molar refractivity (Wildman–Crippen MR) is 77.5 cm³/mol. The summed E-state index contributed by atoms with van der Waals surface area (Å²) in [5, 5.41) is 5.67. The Morgan fingerprint density at radius 1 is 1.30 bits per heavy atom. The highest BCUT2D eigenvalue weighted by molar-refractivity contribution is 5.89. The zero-order valence-electron chi connectivity index (χ0n) is 12.0. The zero-order chi connectivity index (χ0) is 15.1. The van der Waals surface area contributed by atoms with Crippen LogP contribution < -0.4 is 21.1 Å². The van der Waals surface area contributed by atoms with E-state index >= 15 is 0 Å². The molecule has 6 nitrogen and oxygen atoms in total. The van der Waals surface area contributed by atoms with Crippen LogP contribution in [0.5, 0.6) is 5.75 Å². The fourth-order valence-corrected chi connectivity index (χ4v) is 1.74. The second-order valence-electron chi connectivity index (χ2n) is 4.73. The topological polar surface area (TPSA) is 93.4 Å². The van der Waals surface area contributed by atoms with E-state index in [2.05, 4.69) is 10.6 Å². The average Bonchev–Trinajstić information content (AvgIpc) is 2.37. The van der Waals surface area contributed by atoms with Gasteiger partial charge >= 0.3 is 0 Å². The Bertz CT molecular complexity index is 474. The molecule has 1 rings (SSSR count). The van der Waals surface area contributed by atoms with Gasteiger partial charge in [-0.1, -0.05) is 12.1 Å². The van der Waals surface area contributed by atoms with Crippen molar-refractivity contribution in [1.29, 1.82) is 0 Å². The fraction of sp³-hybridized carbons (Fsp3) is 0.429. The van der Waals surface area contributed by atoms with E-state index in [1.165, 1.54) is 7.11 Å². The number of ether oxygens (including phenoxy) is 1. The van der Waals surface area contributed by atoms with Gasteiger partial charge in [-0.2, -0.15) is 0 Å². The first kappa shape index (κ1) is 15.8. The van der Waals surface area contributed by atoms with Crippen molar-refractivity contribution in [1.82, 2.24) is 5.32 Å². The summed E-state index contributed by atoms with van der Waals surface area (Å²) in [5.41, 5.74) is 5.95. The molecule has 0 heterocycles. The highest BCUT2D eigenvalue weighted by Gasteiger charge is 2.20. The molecule has 0 aliphatic heterocycles. The summed E-state index contributed by atoms with van der Waals surface area (Å²) in [6.45, 7) is 3.70. The van der Waals surface area contributed by atoms with E-state index in [4.69, 9.17) is 10.5 Å². The molecular formula is C14H21N3O3. The smallest absolute Gasteiger partial charge is 0.240 e. The van der Waals surface area contributed by atoms with Crippen LogP contribution in [0.3, 0.4) is 0 Å². The van der Waals surface area contributed by atoms with Crippen molar-refractivity contribution in [2.75, 3.05) is 12.4 Å². The zero-order valence-corrected chi connectivity index (χ0v) is 12.0. The predicted octanol–water partition coefficient (Wildman–Crippen LogP) is 0.876. The highest BCUT2D eigenvalue weighted by atomic mass is 16.5. The number of benzene rings is 1. The summed E-state index contributed by atoms with van der Waals surface area (Å²) >= 11 is 0. The van der Waals surface area contributed by atoms with E-state index < -0.39 is 11.9 Å². The molecule has 1 aromatic rings. The summed E-state index contributed by atoms with van der Waals surface area (Å²) in [5.74, 6) is -0.232. The van der Waals surface area contributed by atoms with E-state index in [0.717, 1.165) is 0 Å². The summed E-state index contributed by atoms with van der Waals surface area (Å²) in [4.78, 5) is 23.2. The van der Waals surface area contributed by atoms with Gasteiger partial charge in [0.15, 0.2) is 0 Å². The molecule has 1 atom stereocenters. The molecule has 0 aliphatic rings. The maximum absolute atomic E-state index is 11.7. The molecule has 1 unspecified atom stereocenters. The standard InChI is InChI=1S/C14H21N3O3/c1-9(2)16-13(18)8-11(14(15)19)17-10-6-4-5-7-12(10)20-3/h4-7,9,11,17H,8H2,1-3H3,(H2,15,19)(H,16,18). The number of para-hydroxylation sites is 2. The number of amides is 2. The number of carbonyl (C=O) groups is 2. The first-order valence-corrected chi connectivity index (χ1v) is 6.42. The Morgan fingerprint density at radius 3 is 2.50 bits per heavy atom. The maximum Gasteiger partial charge on any atom is 0.240 e. The number of hydrogen-bond donors (Lipinski definition) is 3. The van der Waals surface area contributed by atoms with Crippen molar-refractivity contribution in [3.63, 3.8) is 0 Å². The molecule has 0 aliphatic carbocycles. The van der Waals surface area contributed by atoms with Gasteiger partial charge in [-0.05, 0) is 26.0 Å². The molecule has 0 saturated heterocycles. The van der Waals surface area contributed by atoms with Crippen molar-refractivity contribution in [3.05, 3.63) is 24.3 Å². The SMILES string of the molecule is COc1ccccc1NC(CC(=O)NC(C)C)C(N)=O. The second-order valence-corrected chi connectivity index (χ2v) is 4.73. The van der Waals surface area contributed by atoms with E-state index in [1.54, 1.807) is 18.2 Å². The van der Waals surface area contributed by atoms with Gasteiger partial charge in [0, 0.05) is 6.04 Å². The Balaban J connectivity index is 2.77. The number of primary amides is 1. The lowest BCUT2D eigenvalue weighted by Crippen LogP contribution is -2.41. The van der Waals surface area contributed by atoms with Crippen LogP contribution in [0.15, 0.2) is 24.3 Å². The van der Waals surface area contributed by atoms with Gasteiger partial charge in [0.1, 0.15) is 11.8 Å². The molecule has 6 heteroatoms. The minimum atomic E-state index is -0.787. The molecule has 20 heavy (non-hydrogen) atoms. The number of anilines is 1. The van der Waals surface area contributed by atoms with Crippen molar-refractivity contribution >= 4 is 17.5 Å². The van der Waals surface area contributed by atoms with E-state index in [-0.39, 0.29) is 18.4 Å². The molecule has 4 N–H and O–H groups in total. The molecule has 0 saturated carbocycles. The first-order chi connectivity index (χ1) is 9.43. The molecule has 0 spiro atoms. The molecule has 0 bridgehead atoms. The maximum atomic E-state index is 11.7. The largest absolute Gasteiger partial charge is 0.495 e. The van der Waals surface area contributed by atoms with Gasteiger partial charge in [0.2, 0.25) is 11.8 Å². The van der Waals surface area contributed by atoms with Gasteiger partial charge in [-0.25, -0.2) is 0 Å². The van der Waals surface area contributed by atoms with Crippen molar-refractivity contribution in [2.45, 2.75) is 32.4 Å². The van der Waals surface area contributed by atoms with Crippen LogP contribution in [-0.4, -0.2) is 31.0 Å². The van der Waals surface area contributed by atoms with Crippen molar-refractivity contribution in [2.24, 2.45) is 5.73 Å². The van der Waals surface area contributed by atoms with Crippen LogP contribution in [0, 0.1) is 0 Å². The fourth-order valence-electron chi connectivity index (χ4n) is 1.74.